The summed E-state index contributed by atoms with van der Waals surface area (Å²) in [5.41, 5.74) is 6.59. The van der Waals surface area contributed by atoms with Gasteiger partial charge in [-0.25, -0.2) is 0 Å². The van der Waals surface area contributed by atoms with Crippen LogP contribution >= 0.6 is 0 Å². The SMILES string of the molecule is [2H]Oc1ccc(C)cc1Cc1cc(C)cc(Cc2cc(C)ccc2O[2H])c1O[2H]. The maximum atomic E-state index is 7.67. The first kappa shape index (κ1) is 14.3. The second-order valence-electron chi connectivity index (χ2n) is 6.99. The summed E-state index contributed by atoms with van der Waals surface area (Å²) in [5.74, 6) is 1.45. The molecule has 0 atom stereocenters. The molecule has 26 heavy (non-hydrogen) atoms. The van der Waals surface area contributed by atoms with Gasteiger partial charge in [-0.2, -0.15) is 0 Å². The average Bonchev–Trinajstić information content (AvgIpc) is 2.68. The minimum absolute atomic E-state index is 0.477. The third kappa shape index (κ3) is 3.83. The molecule has 0 amide bonds. The molecule has 0 saturated carbocycles. The molecule has 3 N–H and O–H groups in total. The summed E-state index contributed by atoms with van der Waals surface area (Å²) in [6.07, 6.45) is 0.961. The van der Waals surface area contributed by atoms with Crippen LogP contribution in [-0.2, 0) is 12.8 Å². The van der Waals surface area contributed by atoms with Gasteiger partial charge in [-0.15, -0.1) is 0 Å². The third-order valence-electron chi connectivity index (χ3n) is 4.58. The second-order valence-corrected chi connectivity index (χ2v) is 6.99. The maximum Gasteiger partial charge on any atom is 0.293 e. The van der Waals surface area contributed by atoms with E-state index in [0.29, 0.717) is 30.1 Å². The van der Waals surface area contributed by atoms with Gasteiger partial charge in [-0.05, 0) is 55.2 Å². The first-order chi connectivity index (χ1) is 13.9. The van der Waals surface area contributed by atoms with Crippen LogP contribution in [0.3, 0.4) is 0 Å². The van der Waals surface area contributed by atoms with E-state index in [1.165, 1.54) is 0 Å². The maximum absolute atomic E-state index is 7.67. The first-order valence-electron chi connectivity index (χ1n) is 9.88. The summed E-state index contributed by atoms with van der Waals surface area (Å²) < 4.78 is 22.3. The number of hydrogen-bond acceptors (Lipinski definition) is 3. The molecule has 0 fully saturated rings. The predicted octanol–water partition coefficient (Wildman–Crippen LogP) is 4.91. The van der Waals surface area contributed by atoms with Crippen molar-refractivity contribution in [1.82, 2.24) is 0 Å². The smallest absolute Gasteiger partial charge is 0.293 e. The van der Waals surface area contributed by atoms with E-state index in [1.807, 2.05) is 57.2 Å². The van der Waals surface area contributed by atoms with E-state index >= 15 is 0 Å². The van der Waals surface area contributed by atoms with Crippen LogP contribution in [0.15, 0.2) is 48.5 Å². The Morgan fingerprint density at radius 3 is 1.50 bits per heavy atom. The lowest BCUT2D eigenvalue weighted by Crippen LogP contribution is -1.97. The monoisotopic (exact) mass is 351 g/mol. The number of aryl methyl sites for hydroxylation is 3. The lowest BCUT2D eigenvalue weighted by molar-refractivity contribution is 0.456. The summed E-state index contributed by atoms with van der Waals surface area (Å²) in [7, 11) is 0. The van der Waals surface area contributed by atoms with Crippen LogP contribution in [0.2, 0.25) is 0 Å². The van der Waals surface area contributed by atoms with Crippen molar-refractivity contribution in [1.29, 1.82) is 4.29 Å². The standard InChI is InChI=1S/C23H24O3/c1-14-4-6-21(24)17(8-14)12-19-10-16(3)11-20(23(19)26)13-18-9-15(2)5-7-22(18)25/h4-11,24-26H,12-13H2,1-3H3/i/hD3. The van der Waals surface area contributed by atoms with Crippen molar-refractivity contribution in [2.75, 3.05) is 0 Å². The zero-order chi connectivity index (χ0) is 21.0. The lowest BCUT2D eigenvalue weighted by Gasteiger charge is -2.14. The second kappa shape index (κ2) is 7.12. The Kier molecular flexibility index (Phi) is 3.91. The summed E-state index contributed by atoms with van der Waals surface area (Å²) in [6.45, 7) is 5.97. The van der Waals surface area contributed by atoms with E-state index in [0.717, 1.165) is 38.9 Å². The molecule has 3 nitrogen and oxygen atoms in total. The largest absolute Gasteiger partial charge is 0.508 e. The Labute approximate surface area is 158 Å². The number of benzene rings is 3. The van der Waals surface area contributed by atoms with E-state index in [1.54, 1.807) is 12.1 Å². The molecule has 3 rings (SSSR count). The quantitative estimate of drug-likeness (QED) is 0.567. The zero-order valence-electron chi connectivity index (χ0n) is 18.3. The van der Waals surface area contributed by atoms with Crippen LogP contribution in [0.4, 0.5) is 0 Å². The van der Waals surface area contributed by atoms with Gasteiger partial charge >= 0.3 is 0 Å². The predicted molar refractivity (Wildman–Crippen MR) is 104 cm³/mol. The van der Waals surface area contributed by atoms with Crippen LogP contribution in [0.1, 0.15) is 38.9 Å². The van der Waals surface area contributed by atoms with E-state index in [4.69, 9.17) is 19.6 Å². The van der Waals surface area contributed by atoms with Gasteiger partial charge in [0.05, 0.1) is 0 Å². The molecule has 134 valence electrons. The highest BCUT2D eigenvalue weighted by molar-refractivity contribution is 5.51. The zero-order valence-corrected chi connectivity index (χ0v) is 15.3. The van der Waals surface area contributed by atoms with Crippen molar-refractivity contribution in [2.45, 2.75) is 33.6 Å². The van der Waals surface area contributed by atoms with Crippen molar-refractivity contribution in [2.24, 2.45) is 0 Å². The van der Waals surface area contributed by atoms with Gasteiger partial charge in [0.15, 0.2) is 0 Å². The molecule has 3 aromatic rings. The highest BCUT2D eigenvalue weighted by Crippen LogP contribution is 2.32. The van der Waals surface area contributed by atoms with Crippen molar-refractivity contribution < 1.29 is 15.3 Å². The van der Waals surface area contributed by atoms with Crippen molar-refractivity contribution in [3.63, 3.8) is 0 Å². The normalized spacial score (nSPS) is 12.0. The van der Waals surface area contributed by atoms with Gasteiger partial charge in [-0.1, -0.05) is 53.1 Å². The van der Waals surface area contributed by atoms with Gasteiger partial charge in [0.25, 0.3) is 4.29 Å². The Hall–Kier alpha value is -2.94. The summed E-state index contributed by atoms with van der Waals surface area (Å²) in [5, 5.41) is 14.6. The van der Waals surface area contributed by atoms with Crippen LogP contribution in [-0.4, -0.2) is 19.6 Å². The van der Waals surface area contributed by atoms with Crippen LogP contribution in [0.5, 0.6) is 17.2 Å². The molecule has 0 aliphatic rings. The highest BCUT2D eigenvalue weighted by Gasteiger charge is 2.13. The molecule has 0 heterocycles. The minimum atomic E-state index is 0.477. The summed E-state index contributed by atoms with van der Waals surface area (Å²) >= 11 is 0. The molecule has 0 unspecified atom stereocenters. The van der Waals surface area contributed by atoms with E-state index < -0.39 is 0 Å². The molecule has 0 bridgehead atoms. The van der Waals surface area contributed by atoms with Gasteiger partial charge in [-0.3, -0.25) is 0 Å². The number of hydrogen-bond donors (Lipinski definition) is 3. The molecular formula is C23H24O3. The molecule has 0 spiro atoms. The molecular weight excluding hydrogens is 324 g/mol. The molecule has 0 radical (unpaired) electrons. The van der Waals surface area contributed by atoms with E-state index in [2.05, 4.69) is 0 Å². The highest BCUT2D eigenvalue weighted by atomic mass is 16.3. The molecule has 0 aromatic heterocycles. The number of aromatic hydroxyl groups is 3. The Morgan fingerprint density at radius 1 is 0.615 bits per heavy atom. The molecule has 0 aliphatic heterocycles. The van der Waals surface area contributed by atoms with Gasteiger partial charge in [0.2, 0.25) is 0 Å². The number of rotatable bonds is 7. The fourth-order valence-corrected chi connectivity index (χ4v) is 3.29. The Morgan fingerprint density at radius 2 is 1.08 bits per heavy atom. The lowest BCUT2D eigenvalue weighted by atomic mass is 9.94. The minimum Gasteiger partial charge on any atom is -0.508 e. The van der Waals surface area contributed by atoms with Crippen LogP contribution in [0, 0.1) is 20.8 Å². The average molecular weight is 351 g/mol. The molecule has 0 aliphatic carbocycles. The number of phenolic OH excluding ortho intramolecular Hbond substituents is 3. The Bertz CT molecular complexity index is 942. The molecule has 3 heteroatoms. The van der Waals surface area contributed by atoms with Crippen molar-refractivity contribution >= 4 is 0 Å². The van der Waals surface area contributed by atoms with Gasteiger partial charge in [0.1, 0.15) is 17.2 Å². The molecule has 3 aromatic carbocycles. The topological polar surface area (TPSA) is 60.7 Å². The summed E-state index contributed by atoms with van der Waals surface area (Å²) in [6, 6.07) is 15.3. The fourth-order valence-electron chi connectivity index (χ4n) is 3.29. The summed E-state index contributed by atoms with van der Waals surface area (Å²) in [4.78, 5) is 0. The number of phenols is 3. The van der Waals surface area contributed by atoms with Crippen molar-refractivity contribution in [3.05, 3.63) is 87.5 Å². The first-order valence-corrected chi connectivity index (χ1v) is 8.66. The van der Waals surface area contributed by atoms with Crippen LogP contribution < -0.4 is 0 Å². The Balaban J connectivity index is 2.04. The van der Waals surface area contributed by atoms with E-state index in [-0.39, 0.29) is 0 Å². The van der Waals surface area contributed by atoms with Crippen LogP contribution in [0.25, 0.3) is 0 Å². The third-order valence-corrected chi connectivity index (χ3v) is 4.58. The molecule has 0 saturated heterocycles. The van der Waals surface area contributed by atoms with Gasteiger partial charge in [0, 0.05) is 12.8 Å². The fraction of sp³-hybridized carbons (Fsp3) is 0.217. The van der Waals surface area contributed by atoms with Gasteiger partial charge < -0.3 is 15.3 Å². The van der Waals surface area contributed by atoms with E-state index in [9.17, 15) is 0 Å². The van der Waals surface area contributed by atoms with Crippen molar-refractivity contribution in [3.8, 4) is 17.2 Å².